The van der Waals surface area contributed by atoms with E-state index in [9.17, 15) is 8.42 Å². The molecule has 1 aliphatic rings. The highest BCUT2D eigenvalue weighted by molar-refractivity contribution is 7.91. The molecule has 0 spiro atoms. The van der Waals surface area contributed by atoms with Crippen molar-refractivity contribution in [3.63, 3.8) is 0 Å². The van der Waals surface area contributed by atoms with Crippen molar-refractivity contribution in [3.8, 4) is 0 Å². The van der Waals surface area contributed by atoms with Gasteiger partial charge in [-0.1, -0.05) is 6.07 Å². The number of sulfone groups is 1. The predicted octanol–water partition coefficient (Wildman–Crippen LogP) is 1.02. The lowest BCUT2D eigenvalue weighted by Crippen LogP contribution is -2.24. The zero-order chi connectivity index (χ0) is 11.9. The molecular formula is C11H13N3O2S. The molecule has 5 nitrogen and oxygen atoms in total. The molecule has 3 rings (SSSR count). The maximum atomic E-state index is 11.6. The summed E-state index contributed by atoms with van der Waals surface area (Å²) in [5.41, 5.74) is 0.769. The van der Waals surface area contributed by atoms with Gasteiger partial charge in [-0.05, 0) is 25.0 Å². The van der Waals surface area contributed by atoms with Crippen LogP contribution in [-0.4, -0.2) is 34.5 Å². The second-order valence-corrected chi connectivity index (χ2v) is 6.66. The molecule has 1 aliphatic heterocycles. The van der Waals surface area contributed by atoms with Gasteiger partial charge in [0.1, 0.15) is 0 Å². The molecule has 17 heavy (non-hydrogen) atoms. The van der Waals surface area contributed by atoms with Crippen molar-refractivity contribution in [1.82, 2.24) is 14.6 Å². The van der Waals surface area contributed by atoms with E-state index in [1.807, 2.05) is 24.4 Å². The van der Waals surface area contributed by atoms with Gasteiger partial charge in [-0.25, -0.2) is 17.9 Å². The molecule has 3 heterocycles. The van der Waals surface area contributed by atoms with Gasteiger partial charge in [-0.2, -0.15) is 5.10 Å². The molecule has 90 valence electrons. The Hall–Kier alpha value is -1.43. The van der Waals surface area contributed by atoms with Crippen LogP contribution in [0.15, 0.2) is 24.4 Å². The third-order valence-electron chi connectivity index (χ3n) is 3.09. The van der Waals surface area contributed by atoms with Crippen LogP contribution >= 0.6 is 0 Å². The minimum Gasteiger partial charge on any atom is -0.229 e. The van der Waals surface area contributed by atoms with Crippen LogP contribution in [-0.2, 0) is 9.84 Å². The van der Waals surface area contributed by atoms with Crippen molar-refractivity contribution >= 4 is 15.5 Å². The lowest BCUT2D eigenvalue weighted by molar-refractivity contribution is 0.543. The van der Waals surface area contributed by atoms with Crippen molar-refractivity contribution < 1.29 is 8.42 Å². The molecule has 0 N–H and O–H groups in total. The SMILES string of the molecule is O=S1(=O)CCCC(c2nc3ccccn3n2)C1. The summed E-state index contributed by atoms with van der Waals surface area (Å²) in [6.45, 7) is 0. The predicted molar refractivity (Wildman–Crippen MR) is 63.6 cm³/mol. The van der Waals surface area contributed by atoms with Crippen molar-refractivity contribution in [1.29, 1.82) is 0 Å². The van der Waals surface area contributed by atoms with E-state index >= 15 is 0 Å². The summed E-state index contributed by atoms with van der Waals surface area (Å²) in [7, 11) is -2.91. The number of aromatic nitrogens is 3. The van der Waals surface area contributed by atoms with Crippen molar-refractivity contribution in [2.24, 2.45) is 0 Å². The molecule has 2 aromatic heterocycles. The highest BCUT2D eigenvalue weighted by Crippen LogP contribution is 2.26. The number of hydrogen-bond acceptors (Lipinski definition) is 4. The Kier molecular flexibility index (Phi) is 2.39. The second-order valence-electron chi connectivity index (χ2n) is 4.43. The van der Waals surface area contributed by atoms with Crippen LogP contribution in [0.3, 0.4) is 0 Å². The fourth-order valence-electron chi connectivity index (χ4n) is 2.25. The first kappa shape index (κ1) is 10.7. The molecule has 1 unspecified atom stereocenters. The molecule has 1 fully saturated rings. The quantitative estimate of drug-likeness (QED) is 0.759. The van der Waals surface area contributed by atoms with Crippen LogP contribution in [0.2, 0.25) is 0 Å². The largest absolute Gasteiger partial charge is 0.229 e. The van der Waals surface area contributed by atoms with Gasteiger partial charge in [0.15, 0.2) is 21.3 Å². The fraction of sp³-hybridized carbons (Fsp3) is 0.455. The summed E-state index contributed by atoms with van der Waals surface area (Å²) in [6.07, 6.45) is 3.39. The molecule has 0 radical (unpaired) electrons. The maximum absolute atomic E-state index is 11.6. The molecule has 0 aliphatic carbocycles. The van der Waals surface area contributed by atoms with Gasteiger partial charge in [0.25, 0.3) is 0 Å². The first-order chi connectivity index (χ1) is 8.14. The molecule has 1 saturated heterocycles. The minimum absolute atomic E-state index is 0.0475. The van der Waals surface area contributed by atoms with Crippen LogP contribution in [0.25, 0.3) is 5.65 Å². The van der Waals surface area contributed by atoms with E-state index < -0.39 is 9.84 Å². The third-order valence-corrected chi connectivity index (χ3v) is 4.91. The molecule has 0 amide bonds. The number of pyridine rings is 1. The van der Waals surface area contributed by atoms with Gasteiger partial charge in [0.2, 0.25) is 0 Å². The summed E-state index contributed by atoms with van der Waals surface area (Å²) >= 11 is 0. The van der Waals surface area contributed by atoms with Gasteiger partial charge < -0.3 is 0 Å². The molecule has 0 saturated carbocycles. The van der Waals surface area contributed by atoms with E-state index in [0.717, 1.165) is 12.1 Å². The van der Waals surface area contributed by atoms with E-state index in [1.54, 1.807) is 4.52 Å². The van der Waals surface area contributed by atoms with Crippen molar-refractivity contribution in [2.75, 3.05) is 11.5 Å². The summed E-state index contributed by atoms with van der Waals surface area (Å²) in [4.78, 5) is 4.39. The van der Waals surface area contributed by atoms with Crippen LogP contribution in [0, 0.1) is 0 Å². The zero-order valence-electron chi connectivity index (χ0n) is 9.28. The smallest absolute Gasteiger partial charge is 0.155 e. The van der Waals surface area contributed by atoms with Gasteiger partial charge >= 0.3 is 0 Å². The first-order valence-corrected chi connectivity index (χ1v) is 7.48. The first-order valence-electron chi connectivity index (χ1n) is 5.66. The molecular weight excluding hydrogens is 238 g/mol. The van der Waals surface area contributed by atoms with Gasteiger partial charge in [-0.3, -0.25) is 0 Å². The lowest BCUT2D eigenvalue weighted by atomic mass is 10.1. The third kappa shape index (κ3) is 2.04. The minimum atomic E-state index is -2.91. The number of rotatable bonds is 1. The molecule has 6 heteroatoms. The van der Waals surface area contributed by atoms with Crippen LogP contribution in [0.4, 0.5) is 0 Å². The van der Waals surface area contributed by atoms with Crippen molar-refractivity contribution in [2.45, 2.75) is 18.8 Å². The van der Waals surface area contributed by atoms with E-state index in [1.165, 1.54) is 0 Å². The standard InChI is InChI=1S/C11H13N3O2S/c15-17(16)7-3-4-9(8-17)11-12-10-5-1-2-6-14(10)13-11/h1-2,5-6,9H,3-4,7-8H2. The average Bonchev–Trinajstić information content (AvgIpc) is 2.71. The van der Waals surface area contributed by atoms with Crippen LogP contribution < -0.4 is 0 Å². The van der Waals surface area contributed by atoms with Gasteiger partial charge in [0, 0.05) is 12.1 Å². The van der Waals surface area contributed by atoms with Gasteiger partial charge in [0.05, 0.1) is 11.5 Å². The number of fused-ring (bicyclic) bond motifs is 1. The maximum Gasteiger partial charge on any atom is 0.155 e. The van der Waals surface area contributed by atoms with Crippen LogP contribution in [0.1, 0.15) is 24.6 Å². The Balaban J connectivity index is 1.98. The summed E-state index contributed by atoms with van der Waals surface area (Å²) in [5, 5.41) is 4.34. The van der Waals surface area contributed by atoms with Crippen LogP contribution in [0.5, 0.6) is 0 Å². The van der Waals surface area contributed by atoms with E-state index in [4.69, 9.17) is 0 Å². The average molecular weight is 251 g/mol. The molecule has 0 aromatic carbocycles. The molecule has 0 bridgehead atoms. The van der Waals surface area contributed by atoms with Crippen molar-refractivity contribution in [3.05, 3.63) is 30.2 Å². The Morgan fingerprint density at radius 1 is 1.35 bits per heavy atom. The van der Waals surface area contributed by atoms with Gasteiger partial charge in [-0.15, -0.1) is 0 Å². The Morgan fingerprint density at radius 2 is 2.24 bits per heavy atom. The van der Waals surface area contributed by atoms with E-state index in [-0.39, 0.29) is 11.7 Å². The number of hydrogen-bond donors (Lipinski definition) is 0. The lowest BCUT2D eigenvalue weighted by Gasteiger charge is -2.18. The Morgan fingerprint density at radius 3 is 3.00 bits per heavy atom. The second kappa shape index (κ2) is 3.80. The highest BCUT2D eigenvalue weighted by Gasteiger charge is 2.28. The highest BCUT2D eigenvalue weighted by atomic mass is 32.2. The fourth-order valence-corrected chi connectivity index (χ4v) is 3.95. The monoisotopic (exact) mass is 251 g/mol. The summed E-state index contributed by atoms with van der Waals surface area (Å²) in [6, 6.07) is 5.64. The zero-order valence-corrected chi connectivity index (χ0v) is 10.1. The van der Waals surface area contributed by atoms with E-state index in [2.05, 4.69) is 10.1 Å². The topological polar surface area (TPSA) is 64.3 Å². The molecule has 2 aromatic rings. The summed E-state index contributed by atoms with van der Waals surface area (Å²) < 4.78 is 24.9. The van der Waals surface area contributed by atoms with E-state index in [0.29, 0.717) is 18.0 Å². The summed E-state index contributed by atoms with van der Waals surface area (Å²) in [5.74, 6) is 1.09. The number of nitrogens with zero attached hydrogens (tertiary/aromatic N) is 3. The molecule has 1 atom stereocenters. The Bertz CT molecular complexity index is 615. The normalized spacial score (nSPS) is 23.9. The Labute approximate surface area is 99.4 Å².